The number of rotatable bonds is 58. The number of phosphoric ester groups is 1. The van der Waals surface area contributed by atoms with E-state index in [1.165, 1.54) is 218 Å². The SMILES string of the molecule is CCCCC/C=C\C/C=C\C/C=C\CCCCCCCCC(=O)NC(COP(=O)([O-])OCC[N+](C)(C)C)C(O)/C=C/CCCCCCCCCCCCCCCCCCCCCCCCCCCCCCCC. The van der Waals surface area contributed by atoms with Gasteiger partial charge in [-0.25, -0.2) is 0 Å². The van der Waals surface area contributed by atoms with Crippen LogP contribution in [0.1, 0.15) is 303 Å². The van der Waals surface area contributed by atoms with Gasteiger partial charge >= 0.3 is 0 Å². The second kappa shape index (κ2) is 55.2. The fraction of sp³-hybridized carbons (Fsp3) is 0.859. The van der Waals surface area contributed by atoms with Crippen LogP contribution in [0.5, 0.6) is 0 Å². The molecule has 3 unspecified atom stereocenters. The first-order chi connectivity index (χ1) is 35.5. The van der Waals surface area contributed by atoms with Crippen molar-refractivity contribution < 1.29 is 32.9 Å². The van der Waals surface area contributed by atoms with E-state index >= 15 is 0 Å². The van der Waals surface area contributed by atoms with Gasteiger partial charge in [0.05, 0.1) is 39.9 Å². The van der Waals surface area contributed by atoms with Gasteiger partial charge in [0, 0.05) is 6.42 Å². The average molecular weight is 1050 g/mol. The Labute approximate surface area is 454 Å². The maximum atomic E-state index is 13.0. The summed E-state index contributed by atoms with van der Waals surface area (Å²) in [7, 11) is 1.26. The van der Waals surface area contributed by atoms with E-state index in [1.807, 2.05) is 27.2 Å². The van der Waals surface area contributed by atoms with Crippen LogP contribution in [0.2, 0.25) is 0 Å². The monoisotopic (exact) mass is 1050 g/mol. The molecule has 1 amide bonds. The highest BCUT2D eigenvalue weighted by atomic mass is 31.2. The summed E-state index contributed by atoms with van der Waals surface area (Å²) in [6.07, 6.45) is 73.5. The van der Waals surface area contributed by atoms with Gasteiger partial charge in [0.15, 0.2) is 0 Å². The largest absolute Gasteiger partial charge is 0.756 e. The minimum Gasteiger partial charge on any atom is -0.756 e. The smallest absolute Gasteiger partial charge is 0.268 e. The van der Waals surface area contributed by atoms with Crippen molar-refractivity contribution >= 4 is 13.7 Å². The molecule has 430 valence electrons. The summed E-state index contributed by atoms with van der Waals surface area (Å²) in [4.78, 5) is 25.5. The highest BCUT2D eigenvalue weighted by Crippen LogP contribution is 2.38. The van der Waals surface area contributed by atoms with Gasteiger partial charge in [0.2, 0.25) is 5.91 Å². The van der Waals surface area contributed by atoms with E-state index < -0.39 is 20.0 Å². The van der Waals surface area contributed by atoms with Crippen LogP contribution in [-0.4, -0.2) is 68.5 Å². The number of unbranched alkanes of at least 4 members (excludes halogenated alkanes) is 39. The van der Waals surface area contributed by atoms with E-state index in [-0.39, 0.29) is 19.1 Å². The van der Waals surface area contributed by atoms with Gasteiger partial charge in [-0.05, 0) is 57.8 Å². The Morgan fingerprint density at radius 1 is 0.479 bits per heavy atom. The first-order valence-electron chi connectivity index (χ1n) is 31.5. The van der Waals surface area contributed by atoms with Crippen molar-refractivity contribution in [3.8, 4) is 0 Å². The quantitative estimate of drug-likeness (QED) is 0.0272. The number of likely N-dealkylation sites (N-methyl/N-ethyl adjacent to an activating group) is 1. The number of carbonyl (C=O) groups excluding carboxylic acids is 1. The van der Waals surface area contributed by atoms with Crippen LogP contribution in [-0.2, 0) is 18.4 Å². The fourth-order valence-electron chi connectivity index (χ4n) is 9.34. The Morgan fingerprint density at radius 3 is 1.18 bits per heavy atom. The number of carbonyl (C=O) groups is 1. The second-order valence-electron chi connectivity index (χ2n) is 22.8. The van der Waals surface area contributed by atoms with Crippen LogP contribution in [0.25, 0.3) is 0 Å². The number of aliphatic hydroxyl groups is 1. The van der Waals surface area contributed by atoms with Crippen molar-refractivity contribution in [2.24, 2.45) is 0 Å². The number of phosphoric acid groups is 1. The van der Waals surface area contributed by atoms with Crippen LogP contribution >= 0.6 is 7.82 Å². The van der Waals surface area contributed by atoms with Crippen molar-refractivity contribution in [3.05, 3.63) is 48.6 Å². The Morgan fingerprint density at radius 2 is 0.795 bits per heavy atom. The molecule has 0 radical (unpaired) electrons. The normalized spacial score (nSPS) is 14.1. The summed E-state index contributed by atoms with van der Waals surface area (Å²) in [5.74, 6) is -0.207. The van der Waals surface area contributed by atoms with E-state index in [0.29, 0.717) is 17.4 Å². The van der Waals surface area contributed by atoms with Gasteiger partial charge in [-0.1, -0.05) is 287 Å². The summed E-state index contributed by atoms with van der Waals surface area (Å²) in [5.41, 5.74) is 0. The van der Waals surface area contributed by atoms with E-state index in [0.717, 1.165) is 64.2 Å². The number of hydrogen-bond donors (Lipinski definition) is 2. The second-order valence-corrected chi connectivity index (χ2v) is 24.2. The third kappa shape index (κ3) is 58.0. The summed E-state index contributed by atoms with van der Waals surface area (Å²) in [5, 5.41) is 13.9. The lowest BCUT2D eigenvalue weighted by Gasteiger charge is -2.29. The van der Waals surface area contributed by atoms with E-state index in [1.54, 1.807) is 6.08 Å². The maximum absolute atomic E-state index is 13.0. The summed E-state index contributed by atoms with van der Waals surface area (Å²) < 4.78 is 23.4. The van der Waals surface area contributed by atoms with Crippen LogP contribution in [0.15, 0.2) is 48.6 Å². The molecular formula is C64H123N2O6P. The molecule has 0 aliphatic carbocycles. The lowest BCUT2D eigenvalue weighted by molar-refractivity contribution is -0.870. The predicted molar refractivity (Wildman–Crippen MR) is 316 cm³/mol. The summed E-state index contributed by atoms with van der Waals surface area (Å²) in [6.45, 7) is 4.64. The summed E-state index contributed by atoms with van der Waals surface area (Å²) >= 11 is 0. The molecule has 2 N–H and O–H groups in total. The number of allylic oxidation sites excluding steroid dienone is 7. The molecule has 9 heteroatoms. The molecule has 0 saturated carbocycles. The minimum absolute atomic E-state index is 0.00463. The first-order valence-corrected chi connectivity index (χ1v) is 33.0. The van der Waals surface area contributed by atoms with Gasteiger partial charge in [-0.3, -0.25) is 9.36 Å². The molecule has 0 heterocycles. The van der Waals surface area contributed by atoms with Crippen molar-refractivity contribution in [1.29, 1.82) is 0 Å². The van der Waals surface area contributed by atoms with Crippen molar-refractivity contribution in [2.75, 3.05) is 40.9 Å². The number of aliphatic hydroxyl groups excluding tert-OH is 1. The zero-order valence-corrected chi connectivity index (χ0v) is 50.0. The standard InChI is InChI=1S/C64H123N2O6P/c1-6-8-10-12-14-16-18-20-22-24-26-27-28-29-30-31-32-33-34-35-36-37-38-40-41-43-45-47-49-51-53-55-57-63(67)62(61-72-73(69,70)71-60-59-66(3,4)5)65-64(68)58-56-54-52-50-48-46-44-42-39-25-23-21-19-17-15-13-11-9-7-2/h15,17,21,23,39,42,55,57,62-63,67H,6-14,16,18-20,22,24-38,40-41,43-54,56,58-61H2,1-5H3,(H-,65,68,69,70)/b17-15-,23-21-,42-39-,57-55+. The molecule has 0 spiro atoms. The molecule has 0 aromatic rings. The van der Waals surface area contributed by atoms with Crippen LogP contribution < -0.4 is 10.2 Å². The zero-order valence-electron chi connectivity index (χ0n) is 49.1. The first kappa shape index (κ1) is 71.5. The molecule has 0 aliphatic heterocycles. The molecule has 0 rings (SSSR count). The molecule has 0 aromatic carbocycles. The Balaban J connectivity index is 4.10. The van der Waals surface area contributed by atoms with E-state index in [2.05, 4.69) is 55.6 Å². The average Bonchev–Trinajstić information content (AvgIpc) is 3.35. The van der Waals surface area contributed by atoms with Gasteiger partial charge in [-0.2, -0.15) is 0 Å². The lowest BCUT2D eigenvalue weighted by atomic mass is 10.0. The minimum atomic E-state index is -4.60. The third-order valence-corrected chi connectivity index (χ3v) is 15.2. The number of nitrogens with zero attached hydrogens (tertiary/aromatic N) is 1. The Kier molecular flexibility index (Phi) is 54.1. The molecule has 0 bridgehead atoms. The number of hydrogen-bond acceptors (Lipinski definition) is 6. The number of nitrogens with one attached hydrogen (secondary N) is 1. The highest BCUT2D eigenvalue weighted by molar-refractivity contribution is 7.45. The van der Waals surface area contributed by atoms with E-state index in [9.17, 15) is 19.4 Å². The maximum Gasteiger partial charge on any atom is 0.268 e. The van der Waals surface area contributed by atoms with Crippen LogP contribution in [0.3, 0.4) is 0 Å². The number of quaternary nitrogens is 1. The fourth-order valence-corrected chi connectivity index (χ4v) is 10.1. The number of amides is 1. The molecule has 0 aromatic heterocycles. The zero-order chi connectivity index (χ0) is 53.5. The molecular weight excluding hydrogens is 924 g/mol. The van der Waals surface area contributed by atoms with Gasteiger partial charge in [-0.15, -0.1) is 0 Å². The van der Waals surface area contributed by atoms with Gasteiger partial charge in [0.25, 0.3) is 7.82 Å². The Bertz CT molecular complexity index is 1330. The van der Waals surface area contributed by atoms with Gasteiger partial charge in [0.1, 0.15) is 13.2 Å². The molecule has 8 nitrogen and oxygen atoms in total. The molecule has 0 saturated heterocycles. The van der Waals surface area contributed by atoms with Crippen molar-refractivity contribution in [1.82, 2.24) is 5.32 Å². The predicted octanol–water partition coefficient (Wildman–Crippen LogP) is 18.9. The third-order valence-electron chi connectivity index (χ3n) is 14.3. The van der Waals surface area contributed by atoms with Gasteiger partial charge < -0.3 is 28.8 Å². The van der Waals surface area contributed by atoms with E-state index in [4.69, 9.17) is 9.05 Å². The van der Waals surface area contributed by atoms with Crippen molar-refractivity contribution in [2.45, 2.75) is 315 Å². The molecule has 73 heavy (non-hydrogen) atoms. The van der Waals surface area contributed by atoms with Crippen LogP contribution in [0, 0.1) is 0 Å². The molecule has 0 aliphatic rings. The highest BCUT2D eigenvalue weighted by Gasteiger charge is 2.23. The van der Waals surface area contributed by atoms with Crippen molar-refractivity contribution in [3.63, 3.8) is 0 Å². The molecule has 0 fully saturated rings. The Hall–Kier alpha value is -1.54. The summed E-state index contributed by atoms with van der Waals surface area (Å²) in [6, 6.07) is -0.896. The molecule has 3 atom stereocenters. The topological polar surface area (TPSA) is 108 Å². The van der Waals surface area contributed by atoms with Crippen LogP contribution in [0.4, 0.5) is 0 Å². The lowest BCUT2D eigenvalue weighted by Crippen LogP contribution is -2.45.